The van der Waals surface area contributed by atoms with Crippen molar-refractivity contribution < 1.29 is 24.2 Å². The summed E-state index contributed by atoms with van der Waals surface area (Å²) < 4.78 is 12.0. The van der Waals surface area contributed by atoms with E-state index in [1.165, 1.54) is 24.4 Å². The van der Waals surface area contributed by atoms with Crippen LogP contribution in [0.2, 0.25) is 0 Å². The number of esters is 1. The van der Waals surface area contributed by atoms with E-state index >= 15 is 0 Å². The van der Waals surface area contributed by atoms with E-state index in [4.69, 9.17) is 19.6 Å². The maximum absolute atomic E-state index is 12.0. The van der Waals surface area contributed by atoms with Crippen LogP contribution >= 0.6 is 11.3 Å². The summed E-state index contributed by atoms with van der Waals surface area (Å²) in [5.41, 5.74) is 4.65. The SMILES string of the molecule is COC(=O)CC[C@@H]1N=C(c2ccc(-c3ncc(OCC(=O)O)cn3)cc2)c2c(sc(C)c2C)-n2c(C)nnc21. The number of aliphatic imine (C=N–C) groups is 1. The first-order valence-electron chi connectivity index (χ1n) is 12.2. The number of aromatic nitrogens is 5. The Morgan fingerprint density at radius 3 is 2.41 bits per heavy atom. The fourth-order valence-corrected chi connectivity index (χ4v) is 5.61. The second-order valence-electron chi connectivity index (χ2n) is 9.01. The molecule has 0 fully saturated rings. The van der Waals surface area contributed by atoms with E-state index in [1.54, 1.807) is 11.3 Å². The number of methoxy groups -OCH3 is 1. The van der Waals surface area contributed by atoms with Gasteiger partial charge in [-0.25, -0.2) is 14.8 Å². The average Bonchev–Trinajstić information content (AvgIpc) is 3.41. The number of carbonyl (C=O) groups is 2. The first-order chi connectivity index (χ1) is 18.8. The first kappa shape index (κ1) is 26.2. The largest absolute Gasteiger partial charge is 0.479 e. The predicted molar refractivity (Wildman–Crippen MR) is 144 cm³/mol. The van der Waals surface area contributed by atoms with Crippen LogP contribution in [-0.2, 0) is 14.3 Å². The molecule has 1 N–H and O–H groups in total. The number of thiophene rings is 1. The second-order valence-corrected chi connectivity index (χ2v) is 10.2. The van der Waals surface area contributed by atoms with Crippen LogP contribution in [0.4, 0.5) is 0 Å². The number of rotatable bonds is 8. The van der Waals surface area contributed by atoms with Gasteiger partial charge >= 0.3 is 11.9 Å². The van der Waals surface area contributed by atoms with Crippen molar-refractivity contribution in [2.24, 2.45) is 4.99 Å². The summed E-state index contributed by atoms with van der Waals surface area (Å²) in [6, 6.07) is 7.39. The molecule has 200 valence electrons. The summed E-state index contributed by atoms with van der Waals surface area (Å²) in [5.74, 6) is 0.844. The third kappa shape index (κ3) is 5.15. The van der Waals surface area contributed by atoms with Gasteiger partial charge in [-0.1, -0.05) is 24.3 Å². The van der Waals surface area contributed by atoms with E-state index in [-0.39, 0.29) is 24.2 Å². The van der Waals surface area contributed by atoms with E-state index in [0.29, 0.717) is 18.1 Å². The van der Waals surface area contributed by atoms with Gasteiger partial charge in [0, 0.05) is 28.0 Å². The molecule has 1 aromatic carbocycles. The lowest BCUT2D eigenvalue weighted by atomic mass is 9.98. The highest BCUT2D eigenvalue weighted by Crippen LogP contribution is 2.40. The van der Waals surface area contributed by atoms with Gasteiger partial charge in [0.05, 0.1) is 25.2 Å². The lowest BCUT2D eigenvalue weighted by Crippen LogP contribution is -2.10. The molecule has 39 heavy (non-hydrogen) atoms. The van der Waals surface area contributed by atoms with E-state index in [2.05, 4.69) is 38.6 Å². The van der Waals surface area contributed by atoms with Crippen LogP contribution in [0, 0.1) is 20.8 Å². The summed E-state index contributed by atoms with van der Waals surface area (Å²) in [5, 5.41) is 18.6. The average molecular weight is 547 g/mol. The number of hydrogen-bond acceptors (Lipinski definition) is 10. The Balaban J connectivity index is 1.53. The lowest BCUT2D eigenvalue weighted by molar-refractivity contribution is -0.141. The maximum Gasteiger partial charge on any atom is 0.341 e. The normalized spacial score (nSPS) is 14.2. The number of nitrogens with zero attached hydrogens (tertiary/aromatic N) is 6. The first-order valence-corrected chi connectivity index (χ1v) is 13.0. The molecule has 5 rings (SSSR count). The quantitative estimate of drug-likeness (QED) is 0.324. The fourth-order valence-electron chi connectivity index (χ4n) is 4.40. The molecular formula is C27H26N6O5S. The van der Waals surface area contributed by atoms with Gasteiger partial charge in [0.25, 0.3) is 0 Å². The van der Waals surface area contributed by atoms with Crippen molar-refractivity contribution in [2.75, 3.05) is 13.7 Å². The Morgan fingerprint density at radius 1 is 1.05 bits per heavy atom. The third-order valence-electron chi connectivity index (χ3n) is 6.50. The Bertz CT molecular complexity index is 1570. The molecule has 0 spiro atoms. The number of aryl methyl sites for hydroxylation is 2. The van der Waals surface area contributed by atoms with Crippen LogP contribution in [0.3, 0.4) is 0 Å². The van der Waals surface area contributed by atoms with Crippen molar-refractivity contribution >= 4 is 29.0 Å². The highest BCUT2D eigenvalue weighted by molar-refractivity contribution is 7.15. The number of aliphatic carboxylic acids is 1. The topological polar surface area (TPSA) is 142 Å². The molecule has 0 unspecified atom stereocenters. The Labute approximate surface area is 228 Å². The Hall–Kier alpha value is -4.45. The molecule has 0 radical (unpaired) electrons. The van der Waals surface area contributed by atoms with Crippen molar-refractivity contribution in [3.63, 3.8) is 0 Å². The van der Waals surface area contributed by atoms with Crippen LogP contribution in [0.1, 0.15) is 52.1 Å². The number of fused-ring (bicyclic) bond motifs is 3. The molecule has 0 aliphatic carbocycles. The minimum atomic E-state index is -1.07. The Kier molecular flexibility index (Phi) is 7.20. The van der Waals surface area contributed by atoms with E-state index in [0.717, 1.165) is 38.8 Å². The number of ether oxygens (including phenoxy) is 2. The van der Waals surface area contributed by atoms with Crippen LogP contribution in [0.15, 0.2) is 41.7 Å². The minimum Gasteiger partial charge on any atom is -0.479 e. The molecule has 0 amide bonds. The van der Waals surface area contributed by atoms with Crippen LogP contribution < -0.4 is 4.74 Å². The van der Waals surface area contributed by atoms with Gasteiger partial charge in [-0.15, -0.1) is 21.5 Å². The molecule has 11 nitrogen and oxygen atoms in total. The van der Waals surface area contributed by atoms with Crippen molar-refractivity contribution in [1.29, 1.82) is 0 Å². The molecule has 0 bridgehead atoms. The summed E-state index contributed by atoms with van der Waals surface area (Å²) in [6.45, 7) is 5.63. The molecule has 12 heteroatoms. The minimum absolute atomic E-state index is 0.206. The van der Waals surface area contributed by atoms with Crippen molar-refractivity contribution in [2.45, 2.75) is 39.7 Å². The summed E-state index contributed by atoms with van der Waals surface area (Å²) in [7, 11) is 1.38. The van der Waals surface area contributed by atoms with Gasteiger partial charge in [-0.2, -0.15) is 0 Å². The maximum atomic E-state index is 12.0. The highest BCUT2D eigenvalue weighted by atomic mass is 32.1. The van der Waals surface area contributed by atoms with Gasteiger partial charge in [-0.3, -0.25) is 14.4 Å². The molecule has 1 aliphatic rings. The predicted octanol–water partition coefficient (Wildman–Crippen LogP) is 4.02. The standard InChI is InChI=1S/C27H26N6O5S/c1-14-15(2)39-27-23(14)24(30-20(9-10-22(36)37-4)26-32-31-16(3)33(26)27)17-5-7-18(8-6-17)25-28-11-19(12-29-25)38-13-21(34)35/h5-8,11-12,20H,9-10,13H2,1-4H3,(H,34,35)/t20-/m0/s1. The van der Waals surface area contributed by atoms with Crippen molar-refractivity contribution in [1.82, 2.24) is 24.7 Å². The second kappa shape index (κ2) is 10.7. The van der Waals surface area contributed by atoms with Crippen LogP contribution in [0.5, 0.6) is 5.75 Å². The molecule has 3 aromatic heterocycles. The van der Waals surface area contributed by atoms with Gasteiger partial charge < -0.3 is 14.6 Å². The monoisotopic (exact) mass is 546 g/mol. The summed E-state index contributed by atoms with van der Waals surface area (Å²) in [4.78, 5) is 37.6. The van der Waals surface area contributed by atoms with Gasteiger partial charge in [0.1, 0.15) is 16.9 Å². The fraction of sp³-hybridized carbons (Fsp3) is 0.296. The number of carboxylic acid groups (broad SMARTS) is 1. The van der Waals surface area contributed by atoms with Gasteiger partial charge in [-0.05, 0) is 32.8 Å². The van der Waals surface area contributed by atoms with Crippen molar-refractivity contribution in [3.8, 4) is 22.1 Å². The number of carboxylic acids is 1. The summed E-state index contributed by atoms with van der Waals surface area (Å²) >= 11 is 1.67. The van der Waals surface area contributed by atoms with Gasteiger partial charge in [0.15, 0.2) is 24.0 Å². The van der Waals surface area contributed by atoms with E-state index in [9.17, 15) is 9.59 Å². The van der Waals surface area contributed by atoms with Crippen LogP contribution in [-0.4, -0.2) is 61.2 Å². The smallest absolute Gasteiger partial charge is 0.341 e. The zero-order valence-electron chi connectivity index (χ0n) is 21.8. The Morgan fingerprint density at radius 2 is 1.74 bits per heavy atom. The van der Waals surface area contributed by atoms with Gasteiger partial charge in [0.2, 0.25) is 0 Å². The zero-order chi connectivity index (χ0) is 27.7. The third-order valence-corrected chi connectivity index (χ3v) is 7.69. The molecule has 1 aliphatic heterocycles. The summed E-state index contributed by atoms with van der Waals surface area (Å²) in [6.07, 6.45) is 3.53. The molecule has 4 heterocycles. The molecule has 1 atom stereocenters. The highest BCUT2D eigenvalue weighted by Gasteiger charge is 2.31. The van der Waals surface area contributed by atoms with E-state index in [1.807, 2.05) is 31.2 Å². The molecular weight excluding hydrogens is 520 g/mol. The number of carbonyl (C=O) groups excluding carboxylic acids is 1. The number of hydrogen-bond donors (Lipinski definition) is 1. The molecule has 0 saturated heterocycles. The number of benzene rings is 1. The van der Waals surface area contributed by atoms with Crippen molar-refractivity contribution in [3.05, 3.63) is 69.9 Å². The zero-order valence-corrected chi connectivity index (χ0v) is 22.7. The molecule has 4 aromatic rings. The van der Waals surface area contributed by atoms with E-state index < -0.39 is 12.6 Å². The van der Waals surface area contributed by atoms with Crippen LogP contribution in [0.25, 0.3) is 16.4 Å². The lowest BCUT2D eigenvalue weighted by Gasteiger charge is -2.12. The molecule has 0 saturated carbocycles.